The van der Waals surface area contributed by atoms with Crippen LogP contribution < -0.4 is 0 Å². The highest BCUT2D eigenvalue weighted by Crippen LogP contribution is 2.27. The summed E-state index contributed by atoms with van der Waals surface area (Å²) in [5.74, 6) is -2.29. The third kappa shape index (κ3) is 4.44. The monoisotopic (exact) mass is 443 g/mol. The van der Waals surface area contributed by atoms with Crippen LogP contribution >= 0.6 is 0 Å². The van der Waals surface area contributed by atoms with Gasteiger partial charge >= 0.3 is 12.1 Å². The van der Waals surface area contributed by atoms with Crippen LogP contribution in [0.5, 0.6) is 0 Å². The summed E-state index contributed by atoms with van der Waals surface area (Å²) in [4.78, 5) is 69.8. The molecule has 0 radical (unpaired) electrons. The van der Waals surface area contributed by atoms with Crippen molar-refractivity contribution in [1.29, 1.82) is 0 Å². The molecule has 32 heavy (non-hydrogen) atoms. The zero-order chi connectivity index (χ0) is 22.7. The second-order valence-electron chi connectivity index (χ2n) is 8.07. The summed E-state index contributed by atoms with van der Waals surface area (Å²) in [6.45, 7) is 0.835. The molecular formula is C22H25N3O7. The number of nitrogens with zero attached hydrogens (tertiary/aromatic N) is 3. The van der Waals surface area contributed by atoms with Gasteiger partial charge in [0.15, 0.2) is 0 Å². The Kier molecular flexibility index (Phi) is 6.38. The van der Waals surface area contributed by atoms with Crippen molar-refractivity contribution in [2.45, 2.75) is 57.2 Å². The van der Waals surface area contributed by atoms with Crippen molar-refractivity contribution in [3.8, 4) is 0 Å². The van der Waals surface area contributed by atoms with Crippen LogP contribution in [0, 0.1) is 0 Å². The molecule has 0 N–H and O–H groups in total. The number of benzene rings is 1. The topological polar surface area (TPSA) is 114 Å². The molecule has 170 valence electrons. The van der Waals surface area contributed by atoms with Gasteiger partial charge in [0.2, 0.25) is 5.91 Å². The molecule has 4 amide bonds. The van der Waals surface area contributed by atoms with Crippen LogP contribution in [0.25, 0.3) is 0 Å². The summed E-state index contributed by atoms with van der Waals surface area (Å²) < 4.78 is 5.38. The van der Waals surface area contributed by atoms with Crippen molar-refractivity contribution < 1.29 is 33.5 Å². The number of ether oxygens (including phenoxy) is 1. The van der Waals surface area contributed by atoms with Crippen molar-refractivity contribution in [3.05, 3.63) is 35.9 Å². The molecule has 10 nitrogen and oxygen atoms in total. The SMILES string of the molecule is O=C(ON1C(=O)CCC1=O)[C@@H]1CCCN1C(=O)[C@@H]1CCCN1C(=O)OCc1ccccc1. The minimum absolute atomic E-state index is 0.00154. The lowest BCUT2D eigenvalue weighted by atomic mass is 10.1. The van der Waals surface area contributed by atoms with E-state index in [1.165, 1.54) is 9.80 Å². The average Bonchev–Trinajstić information content (AvgIpc) is 3.54. The standard InChI is InChI=1S/C22H25N3O7/c26-18-10-11-19(27)25(18)32-21(29)17-9-5-12-23(17)20(28)16-8-4-13-24(16)22(30)31-14-15-6-2-1-3-7-15/h1-3,6-7,16-17H,4-5,8-14H2/t16-,17-/m0/s1. The largest absolute Gasteiger partial charge is 0.445 e. The van der Waals surface area contributed by atoms with E-state index in [0.717, 1.165) is 5.56 Å². The fourth-order valence-corrected chi connectivity index (χ4v) is 4.32. The maximum absolute atomic E-state index is 13.2. The van der Waals surface area contributed by atoms with Gasteiger partial charge in [-0.15, -0.1) is 5.06 Å². The molecule has 10 heteroatoms. The maximum Gasteiger partial charge on any atom is 0.410 e. The number of carbonyl (C=O) groups is 5. The molecule has 3 fully saturated rings. The van der Waals surface area contributed by atoms with E-state index in [-0.39, 0.29) is 25.4 Å². The lowest BCUT2D eigenvalue weighted by molar-refractivity contribution is -0.201. The molecule has 3 aliphatic rings. The molecule has 2 atom stereocenters. The number of hydrogen-bond donors (Lipinski definition) is 0. The Balaban J connectivity index is 1.38. The van der Waals surface area contributed by atoms with E-state index in [4.69, 9.17) is 9.57 Å². The molecule has 3 saturated heterocycles. The second kappa shape index (κ2) is 9.37. The Hall–Kier alpha value is -3.43. The summed E-state index contributed by atoms with van der Waals surface area (Å²) in [6.07, 6.45) is 1.50. The van der Waals surface area contributed by atoms with Crippen LogP contribution in [0.15, 0.2) is 30.3 Å². The van der Waals surface area contributed by atoms with Crippen molar-refractivity contribution in [2.75, 3.05) is 13.1 Å². The van der Waals surface area contributed by atoms with Gasteiger partial charge in [0.25, 0.3) is 11.8 Å². The number of hydroxylamine groups is 2. The molecule has 3 aliphatic heterocycles. The highest BCUT2D eigenvalue weighted by molar-refractivity contribution is 6.02. The summed E-state index contributed by atoms with van der Waals surface area (Å²) in [6, 6.07) is 7.63. The van der Waals surface area contributed by atoms with Crippen LogP contribution in [0.1, 0.15) is 44.1 Å². The van der Waals surface area contributed by atoms with Crippen LogP contribution in [-0.4, -0.2) is 69.8 Å². The summed E-state index contributed by atoms with van der Waals surface area (Å²) in [5, 5.41) is 0.492. The number of amides is 4. The van der Waals surface area contributed by atoms with Crippen LogP contribution in [0.4, 0.5) is 4.79 Å². The van der Waals surface area contributed by atoms with Crippen molar-refractivity contribution >= 4 is 29.8 Å². The Morgan fingerprint density at radius 1 is 0.875 bits per heavy atom. The van der Waals surface area contributed by atoms with E-state index in [1.54, 1.807) is 0 Å². The van der Waals surface area contributed by atoms with Gasteiger partial charge in [0.1, 0.15) is 18.7 Å². The first-order valence-electron chi connectivity index (χ1n) is 10.8. The predicted octanol–water partition coefficient (Wildman–Crippen LogP) is 1.39. The van der Waals surface area contributed by atoms with E-state index >= 15 is 0 Å². The van der Waals surface area contributed by atoms with Gasteiger partial charge in [-0.25, -0.2) is 9.59 Å². The summed E-state index contributed by atoms with van der Waals surface area (Å²) in [7, 11) is 0. The van der Waals surface area contributed by atoms with Crippen molar-refractivity contribution in [3.63, 3.8) is 0 Å². The predicted molar refractivity (Wildman–Crippen MR) is 108 cm³/mol. The lowest BCUT2D eigenvalue weighted by Crippen LogP contribution is -2.52. The fraction of sp³-hybridized carbons (Fsp3) is 0.500. The summed E-state index contributed by atoms with van der Waals surface area (Å²) in [5.41, 5.74) is 0.844. The Bertz CT molecular complexity index is 903. The first kappa shape index (κ1) is 21.8. The minimum Gasteiger partial charge on any atom is -0.445 e. The normalized spacial score (nSPS) is 23.1. The smallest absolute Gasteiger partial charge is 0.410 e. The van der Waals surface area contributed by atoms with Crippen molar-refractivity contribution in [1.82, 2.24) is 14.9 Å². The average molecular weight is 443 g/mol. The van der Waals surface area contributed by atoms with Gasteiger partial charge in [-0.05, 0) is 31.2 Å². The molecule has 0 aliphatic carbocycles. The Morgan fingerprint density at radius 2 is 1.50 bits per heavy atom. The first-order valence-corrected chi connectivity index (χ1v) is 10.8. The van der Waals surface area contributed by atoms with E-state index in [0.29, 0.717) is 43.8 Å². The molecule has 3 heterocycles. The number of carbonyl (C=O) groups excluding carboxylic acids is 5. The third-order valence-corrected chi connectivity index (χ3v) is 5.97. The van der Waals surface area contributed by atoms with Crippen molar-refractivity contribution in [2.24, 2.45) is 0 Å². The van der Waals surface area contributed by atoms with Crippen LogP contribution in [0.3, 0.4) is 0 Å². The second-order valence-corrected chi connectivity index (χ2v) is 8.07. The fourth-order valence-electron chi connectivity index (χ4n) is 4.32. The molecule has 0 saturated carbocycles. The maximum atomic E-state index is 13.2. The molecule has 1 aromatic rings. The zero-order valence-corrected chi connectivity index (χ0v) is 17.6. The number of imide groups is 1. The molecule has 0 aromatic heterocycles. The molecule has 0 spiro atoms. The number of rotatable bonds is 5. The zero-order valence-electron chi connectivity index (χ0n) is 17.6. The van der Waals surface area contributed by atoms with E-state index in [9.17, 15) is 24.0 Å². The number of hydrogen-bond acceptors (Lipinski definition) is 7. The highest BCUT2D eigenvalue weighted by atomic mass is 16.7. The third-order valence-electron chi connectivity index (χ3n) is 5.97. The molecular weight excluding hydrogens is 418 g/mol. The highest BCUT2D eigenvalue weighted by Gasteiger charge is 2.44. The van der Waals surface area contributed by atoms with Crippen LogP contribution in [-0.2, 0) is 35.4 Å². The van der Waals surface area contributed by atoms with Gasteiger partial charge in [-0.2, -0.15) is 0 Å². The quantitative estimate of drug-likeness (QED) is 0.632. The summed E-state index contributed by atoms with van der Waals surface area (Å²) >= 11 is 0. The Labute approximate surface area is 185 Å². The molecule has 0 unspecified atom stereocenters. The van der Waals surface area contributed by atoms with Gasteiger partial charge in [-0.1, -0.05) is 30.3 Å². The van der Waals surface area contributed by atoms with E-state index < -0.39 is 36.0 Å². The number of likely N-dealkylation sites (tertiary alicyclic amines) is 2. The van der Waals surface area contributed by atoms with Gasteiger partial charge < -0.3 is 14.5 Å². The van der Waals surface area contributed by atoms with Gasteiger partial charge in [0, 0.05) is 25.9 Å². The molecule has 0 bridgehead atoms. The molecule has 4 rings (SSSR count). The first-order chi connectivity index (χ1) is 15.5. The lowest BCUT2D eigenvalue weighted by Gasteiger charge is -2.30. The van der Waals surface area contributed by atoms with Gasteiger partial charge in [0.05, 0.1) is 0 Å². The molecule has 1 aromatic carbocycles. The van der Waals surface area contributed by atoms with E-state index in [2.05, 4.69) is 0 Å². The van der Waals surface area contributed by atoms with Crippen LogP contribution in [0.2, 0.25) is 0 Å². The minimum atomic E-state index is -0.897. The van der Waals surface area contributed by atoms with Gasteiger partial charge in [-0.3, -0.25) is 19.3 Å². The van der Waals surface area contributed by atoms with E-state index in [1.807, 2.05) is 30.3 Å². The Morgan fingerprint density at radius 3 is 2.19 bits per heavy atom.